The number of carbonyl (C=O) groups excluding carboxylic acids is 1. The molecule has 1 aliphatic carbocycles. The van der Waals surface area contributed by atoms with Crippen LogP contribution in [0.4, 0.5) is 0 Å². The number of ether oxygens (including phenoxy) is 1. The molecule has 0 bridgehead atoms. The van der Waals surface area contributed by atoms with Gasteiger partial charge >= 0.3 is 0 Å². The lowest BCUT2D eigenvalue weighted by Crippen LogP contribution is -2.19. The van der Waals surface area contributed by atoms with Crippen LogP contribution in [-0.4, -0.2) is 23.0 Å². The SMILES string of the molecule is COC(c1noc(CCC(C)=O)n1)C1CCCCC1. The maximum absolute atomic E-state index is 10.9. The predicted octanol–water partition coefficient (Wildman–Crippen LogP) is 2.86. The van der Waals surface area contributed by atoms with Gasteiger partial charge in [-0.3, -0.25) is 0 Å². The Morgan fingerprint density at radius 1 is 1.42 bits per heavy atom. The largest absolute Gasteiger partial charge is 0.373 e. The average Bonchev–Trinajstić information content (AvgIpc) is 2.87. The Kier molecular flexibility index (Phi) is 5.07. The molecule has 19 heavy (non-hydrogen) atoms. The fourth-order valence-electron chi connectivity index (χ4n) is 2.71. The van der Waals surface area contributed by atoms with Crippen LogP contribution in [0.2, 0.25) is 0 Å². The zero-order chi connectivity index (χ0) is 13.7. The molecule has 1 aromatic rings. The van der Waals surface area contributed by atoms with Crippen LogP contribution in [0.3, 0.4) is 0 Å². The highest BCUT2D eigenvalue weighted by atomic mass is 16.5. The van der Waals surface area contributed by atoms with E-state index in [4.69, 9.17) is 9.26 Å². The monoisotopic (exact) mass is 266 g/mol. The summed E-state index contributed by atoms with van der Waals surface area (Å²) in [6.07, 6.45) is 7.02. The molecule has 1 fully saturated rings. The minimum absolute atomic E-state index is 0.0740. The predicted molar refractivity (Wildman–Crippen MR) is 69.6 cm³/mol. The molecule has 5 nitrogen and oxygen atoms in total. The van der Waals surface area contributed by atoms with E-state index in [1.807, 2.05) is 0 Å². The molecule has 0 N–H and O–H groups in total. The van der Waals surface area contributed by atoms with Gasteiger partial charge in [-0.15, -0.1) is 0 Å². The lowest BCUT2D eigenvalue weighted by atomic mass is 9.85. The van der Waals surface area contributed by atoms with Gasteiger partial charge in [0.2, 0.25) is 11.7 Å². The highest BCUT2D eigenvalue weighted by Crippen LogP contribution is 2.35. The molecule has 2 rings (SSSR count). The zero-order valence-corrected chi connectivity index (χ0v) is 11.7. The van der Waals surface area contributed by atoms with Crippen LogP contribution in [0, 0.1) is 5.92 Å². The minimum atomic E-state index is -0.0740. The van der Waals surface area contributed by atoms with Crippen molar-refractivity contribution in [3.63, 3.8) is 0 Å². The van der Waals surface area contributed by atoms with Crippen molar-refractivity contribution in [2.75, 3.05) is 7.11 Å². The van der Waals surface area contributed by atoms with Gasteiger partial charge < -0.3 is 14.1 Å². The lowest BCUT2D eigenvalue weighted by Gasteiger charge is -2.26. The quantitative estimate of drug-likeness (QED) is 0.792. The van der Waals surface area contributed by atoms with Gasteiger partial charge in [-0.05, 0) is 25.7 Å². The number of aromatic nitrogens is 2. The van der Waals surface area contributed by atoms with Crippen LogP contribution in [0.15, 0.2) is 4.52 Å². The molecule has 1 unspecified atom stereocenters. The Bertz CT molecular complexity index is 411. The van der Waals surface area contributed by atoms with Crippen LogP contribution in [-0.2, 0) is 16.0 Å². The van der Waals surface area contributed by atoms with Crippen LogP contribution in [0.5, 0.6) is 0 Å². The first kappa shape index (κ1) is 14.2. The Balaban J connectivity index is 1.99. The summed E-state index contributed by atoms with van der Waals surface area (Å²) in [5, 5.41) is 4.02. The van der Waals surface area contributed by atoms with E-state index in [2.05, 4.69) is 10.1 Å². The molecule has 5 heteroatoms. The molecule has 1 atom stereocenters. The molecular weight excluding hydrogens is 244 g/mol. The Labute approximate surface area is 113 Å². The number of rotatable bonds is 6. The highest BCUT2D eigenvalue weighted by molar-refractivity contribution is 5.75. The number of methoxy groups -OCH3 is 1. The van der Waals surface area contributed by atoms with Gasteiger partial charge in [0.05, 0.1) is 0 Å². The molecule has 0 radical (unpaired) electrons. The fraction of sp³-hybridized carbons (Fsp3) is 0.786. The van der Waals surface area contributed by atoms with E-state index in [1.54, 1.807) is 14.0 Å². The van der Waals surface area contributed by atoms with Crippen LogP contribution in [0.1, 0.15) is 63.3 Å². The summed E-state index contributed by atoms with van der Waals surface area (Å²) in [6.45, 7) is 1.57. The van der Waals surface area contributed by atoms with E-state index >= 15 is 0 Å². The smallest absolute Gasteiger partial charge is 0.227 e. The van der Waals surface area contributed by atoms with Crippen molar-refractivity contribution in [3.05, 3.63) is 11.7 Å². The third kappa shape index (κ3) is 3.86. The van der Waals surface area contributed by atoms with Gasteiger partial charge in [0.15, 0.2) is 0 Å². The molecule has 0 spiro atoms. The van der Waals surface area contributed by atoms with Crippen molar-refractivity contribution in [2.24, 2.45) is 5.92 Å². The molecular formula is C14H22N2O3. The van der Waals surface area contributed by atoms with E-state index < -0.39 is 0 Å². The number of hydrogen-bond acceptors (Lipinski definition) is 5. The first-order valence-electron chi connectivity index (χ1n) is 7.05. The zero-order valence-electron chi connectivity index (χ0n) is 11.7. The van der Waals surface area contributed by atoms with Gasteiger partial charge in [-0.1, -0.05) is 24.4 Å². The molecule has 0 saturated heterocycles. The van der Waals surface area contributed by atoms with Crippen LogP contribution < -0.4 is 0 Å². The molecule has 106 valence electrons. The maximum Gasteiger partial charge on any atom is 0.227 e. The highest BCUT2D eigenvalue weighted by Gasteiger charge is 2.28. The number of aryl methyl sites for hydroxylation is 1. The summed E-state index contributed by atoms with van der Waals surface area (Å²) in [5.74, 6) is 1.78. The molecule has 1 aromatic heterocycles. The number of nitrogens with zero attached hydrogens (tertiary/aromatic N) is 2. The summed E-state index contributed by atoms with van der Waals surface area (Å²) in [5.41, 5.74) is 0. The summed E-state index contributed by atoms with van der Waals surface area (Å²) < 4.78 is 10.8. The van der Waals surface area contributed by atoms with Crippen LogP contribution >= 0.6 is 0 Å². The average molecular weight is 266 g/mol. The van der Waals surface area contributed by atoms with Gasteiger partial charge in [0.1, 0.15) is 11.9 Å². The topological polar surface area (TPSA) is 65.2 Å². The van der Waals surface area contributed by atoms with Gasteiger partial charge in [0, 0.05) is 20.0 Å². The van der Waals surface area contributed by atoms with Crippen molar-refractivity contribution in [1.82, 2.24) is 10.1 Å². The van der Waals surface area contributed by atoms with E-state index in [1.165, 1.54) is 19.3 Å². The number of Topliss-reactive ketones (excluding diaryl/α,β-unsaturated/α-hetero) is 1. The molecule has 0 amide bonds. The molecule has 1 heterocycles. The van der Waals surface area contributed by atoms with Crippen LogP contribution in [0.25, 0.3) is 0 Å². The summed E-state index contributed by atoms with van der Waals surface area (Å²) in [6, 6.07) is 0. The fourth-order valence-corrected chi connectivity index (χ4v) is 2.71. The standard InChI is InChI=1S/C14H22N2O3/c1-10(17)8-9-12-15-14(16-19-12)13(18-2)11-6-4-3-5-7-11/h11,13H,3-9H2,1-2H3. The van der Waals surface area contributed by atoms with Crippen molar-refractivity contribution in [3.8, 4) is 0 Å². The summed E-state index contributed by atoms with van der Waals surface area (Å²) in [7, 11) is 1.70. The minimum Gasteiger partial charge on any atom is -0.373 e. The Hall–Kier alpha value is -1.23. The van der Waals surface area contributed by atoms with Gasteiger partial charge in [-0.25, -0.2) is 0 Å². The van der Waals surface area contributed by atoms with Crippen molar-refractivity contribution < 1.29 is 14.1 Å². The van der Waals surface area contributed by atoms with Crippen molar-refractivity contribution >= 4 is 5.78 Å². The van der Waals surface area contributed by atoms with Gasteiger partial charge in [-0.2, -0.15) is 4.98 Å². The van der Waals surface area contributed by atoms with E-state index in [0.29, 0.717) is 30.5 Å². The molecule has 1 aliphatic rings. The second-order valence-corrected chi connectivity index (χ2v) is 5.30. The molecule has 1 saturated carbocycles. The number of hydrogen-bond donors (Lipinski definition) is 0. The third-order valence-corrected chi connectivity index (χ3v) is 3.76. The second-order valence-electron chi connectivity index (χ2n) is 5.30. The van der Waals surface area contributed by atoms with Gasteiger partial charge in [0.25, 0.3) is 0 Å². The van der Waals surface area contributed by atoms with E-state index in [0.717, 1.165) is 12.8 Å². The Morgan fingerprint density at radius 3 is 2.79 bits per heavy atom. The Morgan fingerprint density at radius 2 is 2.16 bits per heavy atom. The normalized spacial score (nSPS) is 18.4. The first-order chi connectivity index (χ1) is 9.20. The molecule has 0 aromatic carbocycles. The third-order valence-electron chi connectivity index (χ3n) is 3.76. The summed E-state index contributed by atoms with van der Waals surface area (Å²) in [4.78, 5) is 15.3. The van der Waals surface area contributed by atoms with Crippen molar-refractivity contribution in [1.29, 1.82) is 0 Å². The first-order valence-corrected chi connectivity index (χ1v) is 7.05. The lowest BCUT2D eigenvalue weighted by molar-refractivity contribution is -0.117. The number of carbonyl (C=O) groups is 1. The second kappa shape index (κ2) is 6.80. The van der Waals surface area contributed by atoms with E-state index in [9.17, 15) is 4.79 Å². The molecule has 0 aliphatic heterocycles. The van der Waals surface area contributed by atoms with E-state index in [-0.39, 0.29) is 11.9 Å². The maximum atomic E-state index is 10.9. The summed E-state index contributed by atoms with van der Waals surface area (Å²) >= 11 is 0. The number of ketones is 1. The van der Waals surface area contributed by atoms with Crippen molar-refractivity contribution in [2.45, 2.75) is 58.0 Å².